The van der Waals surface area contributed by atoms with Gasteiger partial charge in [0.25, 0.3) is 0 Å². The highest BCUT2D eigenvalue weighted by Crippen LogP contribution is 2.45. The van der Waals surface area contributed by atoms with Gasteiger partial charge in [-0.15, -0.1) is 0 Å². The highest BCUT2D eigenvalue weighted by atomic mass is 16.5. The van der Waals surface area contributed by atoms with E-state index in [1.807, 2.05) is 94.6 Å². The van der Waals surface area contributed by atoms with Gasteiger partial charge in [-0.25, -0.2) is 4.98 Å². The lowest BCUT2D eigenvalue weighted by Crippen LogP contribution is -2.27. The molecule has 1 aliphatic heterocycles. The molecular formula is C35H34N2O4. The van der Waals surface area contributed by atoms with Gasteiger partial charge < -0.3 is 14.2 Å². The Bertz CT molecular complexity index is 1760. The van der Waals surface area contributed by atoms with Crippen LogP contribution in [0.1, 0.15) is 56.1 Å². The van der Waals surface area contributed by atoms with Crippen LogP contribution in [0.2, 0.25) is 0 Å². The molecule has 0 fully saturated rings. The molecule has 1 aliphatic rings. The van der Waals surface area contributed by atoms with Crippen molar-refractivity contribution in [1.82, 2.24) is 9.97 Å². The van der Waals surface area contributed by atoms with E-state index in [9.17, 15) is 4.79 Å². The number of benzene rings is 3. The van der Waals surface area contributed by atoms with Crippen molar-refractivity contribution in [3.63, 3.8) is 0 Å². The van der Waals surface area contributed by atoms with Crippen molar-refractivity contribution in [3.8, 4) is 22.8 Å². The van der Waals surface area contributed by atoms with Gasteiger partial charge in [-0.3, -0.25) is 9.78 Å². The molecule has 0 bridgehead atoms. The Hall–Kier alpha value is -4.29. The SMILES string of the molecule is CC(=O)[C@@H](OC(C)(C)C)c1c(C)cc2nc(OCc3ccccc3)ccc2c1-c1ccc2c3c(ccnc13)CCO2. The number of pyridine rings is 2. The summed E-state index contributed by atoms with van der Waals surface area (Å²) in [5.41, 5.74) is 6.94. The molecule has 0 radical (unpaired) electrons. The molecule has 6 nitrogen and oxygen atoms in total. The van der Waals surface area contributed by atoms with E-state index in [-0.39, 0.29) is 5.78 Å². The van der Waals surface area contributed by atoms with Crippen LogP contribution >= 0.6 is 0 Å². The molecule has 0 N–H and O–H groups in total. The molecule has 208 valence electrons. The summed E-state index contributed by atoms with van der Waals surface area (Å²) >= 11 is 0. The van der Waals surface area contributed by atoms with Crippen LogP contribution in [-0.2, 0) is 22.6 Å². The number of ketones is 1. The van der Waals surface area contributed by atoms with Crippen molar-refractivity contribution in [3.05, 3.63) is 95.2 Å². The first kappa shape index (κ1) is 26.9. The lowest BCUT2D eigenvalue weighted by molar-refractivity contribution is -0.138. The normalized spacial score (nSPS) is 13.7. The number of nitrogens with zero attached hydrogens (tertiary/aromatic N) is 2. The van der Waals surface area contributed by atoms with E-state index in [2.05, 4.69) is 6.07 Å². The van der Waals surface area contributed by atoms with Gasteiger partial charge in [-0.2, -0.15) is 0 Å². The zero-order valence-electron chi connectivity index (χ0n) is 24.2. The van der Waals surface area contributed by atoms with E-state index >= 15 is 0 Å². The van der Waals surface area contributed by atoms with E-state index < -0.39 is 11.7 Å². The van der Waals surface area contributed by atoms with Crippen LogP contribution in [0.5, 0.6) is 11.6 Å². The first-order valence-corrected chi connectivity index (χ1v) is 14.0. The maximum atomic E-state index is 13.2. The van der Waals surface area contributed by atoms with E-state index in [0.29, 0.717) is 19.1 Å². The standard InChI is InChI=1S/C35H34N2O4/c1-21-19-27-25(12-14-29(37-27)40-20-23-9-7-6-8-10-23)32(30(21)34(22(2)38)41-35(3,4)5)26-11-13-28-31-24(16-18-39-28)15-17-36-33(26)31/h6-15,17,19,34H,16,18,20H2,1-5H3/t34-/m1/s1. The molecule has 0 saturated heterocycles. The molecule has 41 heavy (non-hydrogen) atoms. The second kappa shape index (κ2) is 10.6. The van der Waals surface area contributed by atoms with E-state index in [0.717, 1.165) is 61.8 Å². The van der Waals surface area contributed by atoms with Gasteiger partial charge in [-0.1, -0.05) is 30.3 Å². The summed E-state index contributed by atoms with van der Waals surface area (Å²) in [4.78, 5) is 23.0. The molecule has 0 spiro atoms. The van der Waals surface area contributed by atoms with Crippen LogP contribution in [0.4, 0.5) is 0 Å². The smallest absolute Gasteiger partial charge is 0.214 e. The maximum Gasteiger partial charge on any atom is 0.214 e. The fourth-order valence-electron chi connectivity index (χ4n) is 5.64. The quantitative estimate of drug-likeness (QED) is 0.208. The summed E-state index contributed by atoms with van der Waals surface area (Å²) in [5.74, 6) is 1.32. The van der Waals surface area contributed by atoms with E-state index in [1.165, 1.54) is 5.56 Å². The van der Waals surface area contributed by atoms with Crippen molar-refractivity contribution in [2.75, 3.05) is 6.61 Å². The number of rotatable bonds is 7. The number of aromatic nitrogens is 2. The summed E-state index contributed by atoms with van der Waals surface area (Å²) in [6.07, 6.45) is 1.92. The zero-order valence-corrected chi connectivity index (χ0v) is 24.2. The molecule has 1 atom stereocenters. The van der Waals surface area contributed by atoms with Gasteiger partial charge in [0.2, 0.25) is 5.88 Å². The van der Waals surface area contributed by atoms with Crippen LogP contribution in [-0.4, -0.2) is 28.0 Å². The minimum atomic E-state index is -0.759. The van der Waals surface area contributed by atoms with E-state index in [4.69, 9.17) is 24.2 Å². The lowest BCUT2D eigenvalue weighted by Gasteiger charge is -2.30. The first-order chi connectivity index (χ1) is 19.7. The summed E-state index contributed by atoms with van der Waals surface area (Å²) in [7, 11) is 0. The fourth-order valence-corrected chi connectivity index (χ4v) is 5.64. The van der Waals surface area contributed by atoms with Crippen molar-refractivity contribution in [2.45, 2.75) is 59.4 Å². The molecule has 0 aliphatic carbocycles. The minimum absolute atomic E-state index is 0.0570. The fraction of sp³-hybridized carbons (Fsp3) is 0.286. The molecule has 0 unspecified atom stereocenters. The second-order valence-electron chi connectivity index (χ2n) is 11.6. The van der Waals surface area contributed by atoms with Crippen LogP contribution in [0.25, 0.3) is 32.9 Å². The van der Waals surface area contributed by atoms with Gasteiger partial charge in [0, 0.05) is 35.0 Å². The molecule has 6 heteroatoms. The summed E-state index contributed by atoms with van der Waals surface area (Å²) < 4.78 is 18.5. The second-order valence-corrected chi connectivity index (χ2v) is 11.6. The molecule has 0 saturated carbocycles. The Morgan fingerprint density at radius 3 is 2.61 bits per heavy atom. The van der Waals surface area contributed by atoms with Crippen LogP contribution in [0.15, 0.2) is 72.9 Å². The number of aryl methyl sites for hydroxylation is 1. The number of carbonyl (C=O) groups excluding carboxylic acids is 1. The monoisotopic (exact) mass is 546 g/mol. The number of hydrogen-bond acceptors (Lipinski definition) is 6. The van der Waals surface area contributed by atoms with Gasteiger partial charge in [-0.05, 0) is 92.8 Å². The van der Waals surface area contributed by atoms with Gasteiger partial charge in [0.05, 0.1) is 23.2 Å². The Labute approximate surface area is 240 Å². The lowest BCUT2D eigenvalue weighted by atomic mass is 9.86. The van der Waals surface area contributed by atoms with Gasteiger partial charge in [0.1, 0.15) is 18.5 Å². The predicted octanol–water partition coefficient (Wildman–Crippen LogP) is 7.72. The van der Waals surface area contributed by atoms with Gasteiger partial charge in [0.15, 0.2) is 5.78 Å². The van der Waals surface area contributed by atoms with Gasteiger partial charge >= 0.3 is 0 Å². The third-order valence-electron chi connectivity index (χ3n) is 7.39. The third kappa shape index (κ3) is 5.27. The summed E-state index contributed by atoms with van der Waals surface area (Å²) in [6, 6.07) is 22.1. The summed E-state index contributed by atoms with van der Waals surface area (Å²) in [5, 5.41) is 1.92. The zero-order chi connectivity index (χ0) is 28.7. The van der Waals surface area contributed by atoms with E-state index in [1.54, 1.807) is 6.92 Å². The van der Waals surface area contributed by atoms with Crippen molar-refractivity contribution in [1.29, 1.82) is 0 Å². The van der Waals surface area contributed by atoms with Crippen LogP contribution in [0.3, 0.4) is 0 Å². The molecule has 6 rings (SSSR count). The largest absolute Gasteiger partial charge is 0.493 e. The molecule has 0 amide bonds. The minimum Gasteiger partial charge on any atom is -0.493 e. The number of ether oxygens (including phenoxy) is 3. The Kier molecular flexibility index (Phi) is 6.96. The summed E-state index contributed by atoms with van der Waals surface area (Å²) in [6.45, 7) is 10.6. The highest BCUT2D eigenvalue weighted by molar-refractivity contribution is 6.08. The highest BCUT2D eigenvalue weighted by Gasteiger charge is 2.31. The average Bonchev–Trinajstić information content (AvgIpc) is 2.95. The number of fused-ring (bicyclic) bond motifs is 1. The Balaban J connectivity index is 1.59. The first-order valence-electron chi connectivity index (χ1n) is 14.0. The maximum absolute atomic E-state index is 13.2. The Morgan fingerprint density at radius 2 is 1.85 bits per heavy atom. The molecular weight excluding hydrogens is 512 g/mol. The molecule has 2 aromatic heterocycles. The van der Waals surface area contributed by atoms with Crippen molar-refractivity contribution in [2.24, 2.45) is 0 Å². The number of carbonyl (C=O) groups is 1. The third-order valence-corrected chi connectivity index (χ3v) is 7.39. The topological polar surface area (TPSA) is 70.5 Å². The Morgan fingerprint density at radius 1 is 1.05 bits per heavy atom. The predicted molar refractivity (Wildman–Crippen MR) is 161 cm³/mol. The molecule has 3 heterocycles. The van der Waals surface area contributed by atoms with Crippen molar-refractivity contribution < 1.29 is 19.0 Å². The number of hydrogen-bond donors (Lipinski definition) is 0. The number of Topliss-reactive ketones (excluding diaryl/α,β-unsaturated/α-hetero) is 1. The van der Waals surface area contributed by atoms with Crippen LogP contribution < -0.4 is 9.47 Å². The van der Waals surface area contributed by atoms with Crippen LogP contribution in [0, 0.1) is 6.92 Å². The molecule has 3 aromatic carbocycles. The average molecular weight is 547 g/mol. The molecule has 5 aromatic rings. The van der Waals surface area contributed by atoms with Crippen molar-refractivity contribution >= 4 is 27.6 Å².